The van der Waals surface area contributed by atoms with Gasteiger partial charge in [-0.05, 0) is 36.1 Å². The largest absolute Gasteiger partial charge is 0.390 e. The molecule has 2 atom stereocenters. The van der Waals surface area contributed by atoms with Crippen LogP contribution in [0, 0.1) is 0 Å². The van der Waals surface area contributed by atoms with Crippen molar-refractivity contribution in [2.45, 2.75) is 30.4 Å². The molecule has 6 nitrogen and oxygen atoms in total. The molecular formula is C24H29N3O3. The van der Waals surface area contributed by atoms with Crippen molar-refractivity contribution in [3.8, 4) is 0 Å². The van der Waals surface area contributed by atoms with Crippen molar-refractivity contribution in [2.75, 3.05) is 44.7 Å². The Bertz CT molecular complexity index is 890. The van der Waals surface area contributed by atoms with Gasteiger partial charge in [0, 0.05) is 37.3 Å². The number of morpholine rings is 1. The minimum absolute atomic E-state index is 0.00907. The number of piperidine rings is 1. The van der Waals surface area contributed by atoms with Crippen LogP contribution in [0.3, 0.4) is 0 Å². The molecule has 1 aliphatic carbocycles. The molecule has 2 fully saturated rings. The highest BCUT2D eigenvalue weighted by atomic mass is 16.5. The van der Waals surface area contributed by atoms with Crippen molar-refractivity contribution in [1.29, 1.82) is 0 Å². The molecule has 30 heavy (non-hydrogen) atoms. The number of carbonyl (C=O) groups excluding carboxylic acids is 1. The monoisotopic (exact) mass is 407 g/mol. The first-order chi connectivity index (χ1) is 14.7. The van der Waals surface area contributed by atoms with E-state index in [4.69, 9.17) is 4.74 Å². The summed E-state index contributed by atoms with van der Waals surface area (Å²) >= 11 is 0. The number of carbonyl (C=O) groups is 1. The lowest BCUT2D eigenvalue weighted by Gasteiger charge is -2.44. The van der Waals surface area contributed by atoms with Crippen LogP contribution in [-0.4, -0.2) is 66.4 Å². The van der Waals surface area contributed by atoms with E-state index in [9.17, 15) is 9.90 Å². The number of likely N-dealkylation sites (tertiary alicyclic amines) is 1. The number of aliphatic hydroxyl groups is 1. The van der Waals surface area contributed by atoms with Crippen molar-refractivity contribution in [2.24, 2.45) is 0 Å². The number of amides is 2. The molecule has 158 valence electrons. The highest BCUT2D eigenvalue weighted by Crippen LogP contribution is 2.52. The van der Waals surface area contributed by atoms with Gasteiger partial charge >= 0.3 is 6.03 Å². The third-order valence-electron chi connectivity index (χ3n) is 7.09. The highest BCUT2D eigenvalue weighted by Gasteiger charge is 2.54. The molecule has 6 heteroatoms. The van der Waals surface area contributed by atoms with Gasteiger partial charge in [-0.3, -0.25) is 4.90 Å². The number of hydrogen-bond acceptors (Lipinski definition) is 4. The predicted octanol–water partition coefficient (Wildman–Crippen LogP) is 3.00. The Hall–Kier alpha value is -2.41. The van der Waals surface area contributed by atoms with Crippen LogP contribution in [0.2, 0.25) is 0 Å². The fraction of sp³-hybridized carbons (Fsp3) is 0.458. The van der Waals surface area contributed by atoms with Crippen LogP contribution in [0.25, 0.3) is 0 Å². The number of para-hydroxylation sites is 1. The molecule has 0 bridgehead atoms. The van der Waals surface area contributed by atoms with Gasteiger partial charge in [-0.25, -0.2) is 4.79 Å². The number of ether oxygens (including phenoxy) is 1. The van der Waals surface area contributed by atoms with E-state index in [2.05, 4.69) is 34.5 Å². The van der Waals surface area contributed by atoms with Gasteiger partial charge in [0.15, 0.2) is 0 Å². The highest BCUT2D eigenvalue weighted by molar-refractivity contribution is 5.89. The van der Waals surface area contributed by atoms with Crippen LogP contribution in [-0.2, 0) is 10.2 Å². The minimum Gasteiger partial charge on any atom is -0.390 e. The van der Waals surface area contributed by atoms with E-state index in [-0.39, 0.29) is 17.5 Å². The number of hydrogen-bond donors (Lipinski definition) is 2. The van der Waals surface area contributed by atoms with Crippen molar-refractivity contribution in [3.63, 3.8) is 0 Å². The van der Waals surface area contributed by atoms with E-state index in [0.29, 0.717) is 26.3 Å². The van der Waals surface area contributed by atoms with Crippen LogP contribution in [0.4, 0.5) is 10.5 Å². The molecule has 0 saturated carbocycles. The van der Waals surface area contributed by atoms with Crippen LogP contribution < -0.4 is 5.32 Å². The van der Waals surface area contributed by atoms with Crippen molar-refractivity contribution >= 4 is 11.7 Å². The Morgan fingerprint density at radius 3 is 2.37 bits per heavy atom. The maximum Gasteiger partial charge on any atom is 0.321 e. The summed E-state index contributed by atoms with van der Waals surface area (Å²) in [5.41, 5.74) is 3.02. The summed E-state index contributed by atoms with van der Waals surface area (Å²) < 4.78 is 5.53. The molecular weight excluding hydrogens is 378 g/mol. The zero-order valence-electron chi connectivity index (χ0n) is 17.2. The molecule has 2 heterocycles. The number of rotatable bonds is 2. The first kappa shape index (κ1) is 19.5. The molecule has 2 amide bonds. The van der Waals surface area contributed by atoms with E-state index in [1.807, 2.05) is 35.2 Å². The van der Waals surface area contributed by atoms with E-state index >= 15 is 0 Å². The quantitative estimate of drug-likeness (QED) is 0.803. The predicted molar refractivity (Wildman–Crippen MR) is 116 cm³/mol. The standard InChI is InChI=1S/C24H29N3O3/c28-22-21(26-14-16-30-17-15-26)19-8-4-5-9-20(19)24(22)10-12-27(13-11-24)23(29)25-18-6-2-1-3-7-18/h1-9,21-22,28H,10-17H2,(H,25,29)/t21-,22+/m0/s1. The zero-order valence-corrected chi connectivity index (χ0v) is 17.2. The van der Waals surface area contributed by atoms with Crippen molar-refractivity contribution in [1.82, 2.24) is 9.80 Å². The maximum atomic E-state index is 12.7. The fourth-order valence-electron chi connectivity index (χ4n) is 5.49. The lowest BCUT2D eigenvalue weighted by Crippen LogP contribution is -2.52. The van der Waals surface area contributed by atoms with Gasteiger partial charge in [-0.2, -0.15) is 0 Å². The molecule has 3 aliphatic rings. The Balaban J connectivity index is 1.34. The summed E-state index contributed by atoms with van der Waals surface area (Å²) in [5.74, 6) is 0. The average molecular weight is 408 g/mol. The molecule has 5 rings (SSSR count). The Morgan fingerprint density at radius 1 is 0.967 bits per heavy atom. The second kappa shape index (κ2) is 8.02. The number of benzene rings is 2. The third kappa shape index (κ3) is 3.29. The first-order valence-electron chi connectivity index (χ1n) is 10.9. The summed E-state index contributed by atoms with van der Waals surface area (Å²) in [6.07, 6.45) is 1.08. The van der Waals surface area contributed by atoms with Gasteiger partial charge in [-0.1, -0.05) is 42.5 Å². The van der Waals surface area contributed by atoms with Crippen LogP contribution in [0.5, 0.6) is 0 Å². The number of nitrogens with one attached hydrogen (secondary N) is 1. The zero-order chi connectivity index (χ0) is 20.6. The lowest BCUT2D eigenvalue weighted by atomic mass is 9.72. The first-order valence-corrected chi connectivity index (χ1v) is 10.9. The topological polar surface area (TPSA) is 65.0 Å². The van der Waals surface area contributed by atoms with Crippen molar-refractivity contribution < 1.29 is 14.6 Å². The molecule has 0 radical (unpaired) electrons. The Labute approximate surface area is 177 Å². The third-order valence-corrected chi connectivity index (χ3v) is 7.09. The van der Waals surface area contributed by atoms with Gasteiger partial charge in [0.05, 0.1) is 25.4 Å². The summed E-state index contributed by atoms with van der Waals surface area (Å²) in [4.78, 5) is 17.0. The van der Waals surface area contributed by atoms with Gasteiger partial charge in [0.1, 0.15) is 0 Å². The van der Waals surface area contributed by atoms with E-state index in [1.54, 1.807) is 0 Å². The second-order valence-corrected chi connectivity index (χ2v) is 8.56. The van der Waals surface area contributed by atoms with Crippen molar-refractivity contribution in [3.05, 3.63) is 65.7 Å². The number of aliphatic hydroxyl groups excluding tert-OH is 1. The fourth-order valence-corrected chi connectivity index (χ4v) is 5.49. The molecule has 2 aromatic carbocycles. The van der Waals surface area contributed by atoms with E-state index < -0.39 is 6.10 Å². The number of anilines is 1. The van der Waals surface area contributed by atoms with Crippen LogP contribution in [0.1, 0.15) is 30.0 Å². The van der Waals surface area contributed by atoms with E-state index in [0.717, 1.165) is 31.6 Å². The second-order valence-electron chi connectivity index (χ2n) is 8.56. The molecule has 0 aromatic heterocycles. The summed E-state index contributed by atoms with van der Waals surface area (Å²) in [5, 5.41) is 14.6. The average Bonchev–Trinajstić information content (AvgIpc) is 3.03. The Morgan fingerprint density at radius 2 is 1.63 bits per heavy atom. The Kier molecular flexibility index (Phi) is 5.23. The summed E-state index contributed by atoms with van der Waals surface area (Å²) in [7, 11) is 0. The lowest BCUT2D eigenvalue weighted by molar-refractivity contribution is -0.0467. The molecule has 1 spiro atoms. The number of urea groups is 1. The van der Waals surface area contributed by atoms with Gasteiger partial charge in [-0.15, -0.1) is 0 Å². The van der Waals surface area contributed by atoms with E-state index in [1.165, 1.54) is 11.1 Å². The number of fused-ring (bicyclic) bond motifs is 2. The molecule has 2 N–H and O–H groups in total. The maximum absolute atomic E-state index is 12.7. The van der Waals surface area contributed by atoms with Crippen LogP contribution >= 0.6 is 0 Å². The SMILES string of the molecule is O=C(Nc1ccccc1)N1CCC2(CC1)c1ccccc1[C@H](N1CCOCC1)[C@H]2O. The molecule has 2 aromatic rings. The normalized spacial score (nSPS) is 25.8. The minimum atomic E-state index is -0.465. The number of nitrogens with zero attached hydrogens (tertiary/aromatic N) is 2. The summed E-state index contributed by atoms with van der Waals surface area (Å²) in [6.45, 7) is 4.40. The smallest absolute Gasteiger partial charge is 0.321 e. The molecule has 2 aliphatic heterocycles. The van der Waals surface area contributed by atoms with Gasteiger partial charge in [0.25, 0.3) is 0 Å². The van der Waals surface area contributed by atoms with Crippen LogP contribution in [0.15, 0.2) is 54.6 Å². The molecule has 0 unspecified atom stereocenters. The summed E-state index contributed by atoms with van der Waals surface area (Å²) in [6, 6.07) is 18.0. The van der Waals surface area contributed by atoms with Gasteiger partial charge < -0.3 is 20.1 Å². The van der Waals surface area contributed by atoms with Gasteiger partial charge in [0.2, 0.25) is 0 Å². The molecule has 2 saturated heterocycles.